The molecule has 1 amide bonds. The van der Waals surface area contributed by atoms with Crippen molar-refractivity contribution in [3.05, 3.63) is 23.7 Å². The summed E-state index contributed by atoms with van der Waals surface area (Å²) in [5, 5.41) is 8.20. The molecular weight excluding hydrogens is 308 g/mol. The topological polar surface area (TPSA) is 73.4 Å². The molecule has 2 fully saturated rings. The molecule has 0 aliphatic carbocycles. The van der Waals surface area contributed by atoms with Gasteiger partial charge in [-0.1, -0.05) is 5.16 Å². The predicted octanol–water partition coefficient (Wildman–Crippen LogP) is 2.03. The normalized spacial score (nSPS) is 24.0. The number of aromatic nitrogens is 3. The first-order valence-corrected chi connectivity index (χ1v) is 8.41. The van der Waals surface area contributed by atoms with Crippen LogP contribution >= 0.6 is 0 Å². The molecule has 2 aliphatic rings. The predicted molar refractivity (Wildman–Crippen MR) is 86.4 cm³/mol. The first-order chi connectivity index (χ1) is 11.6. The molecule has 0 saturated carbocycles. The van der Waals surface area contributed by atoms with E-state index in [4.69, 9.17) is 9.26 Å². The van der Waals surface area contributed by atoms with Crippen molar-refractivity contribution >= 4 is 5.91 Å². The first-order valence-electron chi connectivity index (χ1n) is 8.41. The third kappa shape index (κ3) is 2.53. The third-order valence-electron chi connectivity index (χ3n) is 5.36. The van der Waals surface area contributed by atoms with Crippen molar-refractivity contribution in [2.75, 3.05) is 26.3 Å². The summed E-state index contributed by atoms with van der Waals surface area (Å²) >= 11 is 0. The molecule has 0 bridgehead atoms. The second-order valence-corrected chi connectivity index (χ2v) is 6.98. The fraction of sp³-hybridized carbons (Fsp3) is 0.588. The molecule has 2 saturated heterocycles. The Balaban J connectivity index is 1.54. The number of hydrogen-bond acceptors (Lipinski definition) is 5. The number of piperidine rings is 1. The molecule has 7 nitrogen and oxygen atoms in total. The fourth-order valence-electron chi connectivity index (χ4n) is 3.76. The van der Waals surface area contributed by atoms with E-state index in [9.17, 15) is 4.79 Å². The Labute approximate surface area is 140 Å². The molecule has 2 aromatic rings. The van der Waals surface area contributed by atoms with Crippen molar-refractivity contribution in [3.8, 4) is 11.3 Å². The number of aryl methyl sites for hydroxylation is 1. The van der Waals surface area contributed by atoms with Crippen molar-refractivity contribution in [2.24, 2.45) is 12.5 Å². The van der Waals surface area contributed by atoms with E-state index in [1.807, 2.05) is 18.9 Å². The summed E-state index contributed by atoms with van der Waals surface area (Å²) in [4.78, 5) is 14.7. The molecular formula is C17H22N4O3. The Hall–Kier alpha value is -2.15. The van der Waals surface area contributed by atoms with Crippen molar-refractivity contribution in [1.82, 2.24) is 19.8 Å². The number of amides is 1. The Morgan fingerprint density at radius 3 is 2.96 bits per heavy atom. The Kier molecular flexibility index (Phi) is 3.68. The Bertz CT molecular complexity index is 758. The summed E-state index contributed by atoms with van der Waals surface area (Å²) < 4.78 is 12.7. The van der Waals surface area contributed by atoms with Crippen molar-refractivity contribution < 1.29 is 14.1 Å². The lowest BCUT2D eigenvalue weighted by Gasteiger charge is -2.39. The SMILES string of the molecule is Cc1c(-c2cc(C(=O)N3CCC[C@@]4(CCOC4)C3)no2)cnn1C. The van der Waals surface area contributed by atoms with E-state index < -0.39 is 0 Å². The number of rotatable bonds is 2. The van der Waals surface area contributed by atoms with Crippen LogP contribution in [0.1, 0.15) is 35.4 Å². The fourth-order valence-corrected chi connectivity index (χ4v) is 3.76. The molecule has 128 valence electrons. The molecule has 0 radical (unpaired) electrons. The number of hydrogen-bond donors (Lipinski definition) is 0. The summed E-state index contributed by atoms with van der Waals surface area (Å²) in [5.74, 6) is 0.525. The standard InChI is InChI=1S/C17H22N4O3/c1-12-13(9-18-20(12)2)15-8-14(19-24-15)16(22)21-6-3-4-17(10-21)5-7-23-11-17/h8-9H,3-7,10-11H2,1-2H3/t17-/m1/s1. The van der Waals surface area contributed by atoms with Crippen LogP contribution in [-0.2, 0) is 11.8 Å². The maximum atomic E-state index is 12.8. The van der Waals surface area contributed by atoms with Gasteiger partial charge in [0.15, 0.2) is 11.5 Å². The summed E-state index contributed by atoms with van der Waals surface area (Å²) in [6.45, 7) is 5.04. The van der Waals surface area contributed by atoms with Gasteiger partial charge in [0.1, 0.15) is 0 Å². The number of carbonyl (C=O) groups excluding carboxylic acids is 1. The zero-order valence-electron chi connectivity index (χ0n) is 14.1. The van der Waals surface area contributed by atoms with Gasteiger partial charge in [0.25, 0.3) is 5.91 Å². The van der Waals surface area contributed by atoms with Gasteiger partial charge in [-0.15, -0.1) is 0 Å². The minimum absolute atomic E-state index is 0.0579. The number of ether oxygens (including phenoxy) is 1. The van der Waals surface area contributed by atoms with Gasteiger partial charge in [-0.25, -0.2) is 0 Å². The van der Waals surface area contributed by atoms with Gasteiger partial charge in [0.05, 0.1) is 18.4 Å². The molecule has 4 rings (SSSR count). The molecule has 0 N–H and O–H groups in total. The van der Waals surface area contributed by atoms with Crippen molar-refractivity contribution in [2.45, 2.75) is 26.2 Å². The number of likely N-dealkylation sites (tertiary alicyclic amines) is 1. The molecule has 2 aromatic heterocycles. The van der Waals surface area contributed by atoms with Crippen LogP contribution in [0, 0.1) is 12.3 Å². The largest absolute Gasteiger partial charge is 0.381 e. The van der Waals surface area contributed by atoms with Crippen molar-refractivity contribution in [3.63, 3.8) is 0 Å². The summed E-state index contributed by atoms with van der Waals surface area (Å²) in [5.41, 5.74) is 2.35. The second-order valence-electron chi connectivity index (χ2n) is 6.98. The summed E-state index contributed by atoms with van der Waals surface area (Å²) in [6, 6.07) is 1.72. The Morgan fingerprint density at radius 1 is 1.38 bits per heavy atom. The molecule has 24 heavy (non-hydrogen) atoms. The van der Waals surface area contributed by atoms with E-state index in [2.05, 4.69) is 10.3 Å². The van der Waals surface area contributed by atoms with Crippen LogP contribution in [0.2, 0.25) is 0 Å². The Morgan fingerprint density at radius 2 is 2.25 bits per heavy atom. The third-order valence-corrected chi connectivity index (χ3v) is 5.36. The highest BCUT2D eigenvalue weighted by molar-refractivity contribution is 5.93. The van der Waals surface area contributed by atoms with Gasteiger partial charge >= 0.3 is 0 Å². The van der Waals surface area contributed by atoms with Gasteiger partial charge < -0.3 is 14.2 Å². The van der Waals surface area contributed by atoms with Gasteiger partial charge in [0.2, 0.25) is 0 Å². The van der Waals surface area contributed by atoms with E-state index in [-0.39, 0.29) is 11.3 Å². The summed E-state index contributed by atoms with van der Waals surface area (Å²) in [7, 11) is 1.87. The smallest absolute Gasteiger partial charge is 0.276 e. The quantitative estimate of drug-likeness (QED) is 0.842. The highest BCUT2D eigenvalue weighted by Gasteiger charge is 2.40. The molecule has 2 aliphatic heterocycles. The van der Waals surface area contributed by atoms with Crippen LogP contribution in [0.15, 0.2) is 16.8 Å². The maximum Gasteiger partial charge on any atom is 0.276 e. The van der Waals surface area contributed by atoms with E-state index >= 15 is 0 Å². The number of nitrogens with zero attached hydrogens (tertiary/aromatic N) is 4. The van der Waals surface area contributed by atoms with E-state index in [1.165, 1.54) is 0 Å². The lowest BCUT2D eigenvalue weighted by Crippen LogP contribution is -2.46. The number of carbonyl (C=O) groups is 1. The van der Waals surface area contributed by atoms with Crippen LogP contribution in [-0.4, -0.2) is 52.0 Å². The monoisotopic (exact) mass is 330 g/mol. The van der Waals surface area contributed by atoms with E-state index in [0.29, 0.717) is 11.5 Å². The van der Waals surface area contributed by atoms with Gasteiger partial charge in [-0.05, 0) is 26.2 Å². The molecule has 4 heterocycles. The highest BCUT2D eigenvalue weighted by atomic mass is 16.5. The van der Waals surface area contributed by atoms with Crippen LogP contribution < -0.4 is 0 Å². The zero-order valence-corrected chi connectivity index (χ0v) is 14.1. The maximum absolute atomic E-state index is 12.8. The van der Waals surface area contributed by atoms with Crippen LogP contribution in [0.25, 0.3) is 11.3 Å². The van der Waals surface area contributed by atoms with Gasteiger partial charge in [0, 0.05) is 43.9 Å². The minimum atomic E-state index is -0.0579. The molecule has 7 heteroatoms. The molecule has 1 atom stereocenters. The highest BCUT2D eigenvalue weighted by Crippen LogP contribution is 2.38. The lowest BCUT2D eigenvalue weighted by molar-refractivity contribution is 0.0454. The van der Waals surface area contributed by atoms with E-state index in [1.54, 1.807) is 16.9 Å². The average molecular weight is 330 g/mol. The van der Waals surface area contributed by atoms with Crippen LogP contribution in [0.3, 0.4) is 0 Å². The zero-order chi connectivity index (χ0) is 16.7. The van der Waals surface area contributed by atoms with Crippen molar-refractivity contribution in [1.29, 1.82) is 0 Å². The van der Waals surface area contributed by atoms with Crippen LogP contribution in [0.4, 0.5) is 0 Å². The molecule has 0 aromatic carbocycles. The summed E-state index contributed by atoms with van der Waals surface area (Å²) in [6.07, 6.45) is 4.92. The van der Waals surface area contributed by atoms with Gasteiger partial charge in [-0.2, -0.15) is 5.10 Å². The molecule has 0 unspecified atom stereocenters. The lowest BCUT2D eigenvalue weighted by atomic mass is 9.79. The first kappa shape index (κ1) is 15.4. The van der Waals surface area contributed by atoms with E-state index in [0.717, 1.165) is 56.8 Å². The average Bonchev–Trinajstić information content (AvgIpc) is 3.30. The second kappa shape index (κ2) is 5.73. The van der Waals surface area contributed by atoms with Crippen LogP contribution in [0.5, 0.6) is 0 Å². The van der Waals surface area contributed by atoms with Gasteiger partial charge in [-0.3, -0.25) is 9.48 Å². The molecule has 1 spiro atoms. The minimum Gasteiger partial charge on any atom is -0.381 e.